The van der Waals surface area contributed by atoms with Crippen LogP contribution in [0.5, 0.6) is 0 Å². The van der Waals surface area contributed by atoms with Gasteiger partial charge in [0.05, 0.1) is 5.75 Å². The molecular formula is C6H14N2O4S. The van der Waals surface area contributed by atoms with Crippen molar-refractivity contribution in [2.75, 3.05) is 12.3 Å². The van der Waals surface area contributed by atoms with Gasteiger partial charge in [0.1, 0.15) is 6.04 Å². The summed E-state index contributed by atoms with van der Waals surface area (Å²) in [5.41, 5.74) is 10.2. The second kappa shape index (κ2) is 5.15. The molecule has 0 aliphatic carbocycles. The fourth-order valence-corrected chi connectivity index (χ4v) is 1.53. The molecule has 4 N–H and O–H groups in total. The molecule has 7 heteroatoms. The summed E-state index contributed by atoms with van der Waals surface area (Å²) in [4.78, 5) is 10.9. The number of nitrogens with two attached hydrogens (primary N) is 2. The van der Waals surface area contributed by atoms with E-state index < -0.39 is 22.1 Å². The first kappa shape index (κ1) is 12.3. The minimum atomic E-state index is -3.77. The van der Waals surface area contributed by atoms with E-state index in [1.165, 1.54) is 0 Å². The van der Waals surface area contributed by atoms with Gasteiger partial charge in [-0.05, 0) is 6.42 Å². The van der Waals surface area contributed by atoms with E-state index in [1.54, 1.807) is 6.92 Å². The summed E-state index contributed by atoms with van der Waals surface area (Å²) >= 11 is 0. The Morgan fingerprint density at radius 2 is 2.08 bits per heavy atom. The molecule has 0 heterocycles. The average Bonchev–Trinajstić information content (AvgIpc) is 2.01. The molecule has 0 saturated heterocycles. The van der Waals surface area contributed by atoms with Crippen molar-refractivity contribution < 1.29 is 17.4 Å². The van der Waals surface area contributed by atoms with Crippen LogP contribution in [-0.4, -0.2) is 32.7 Å². The van der Waals surface area contributed by atoms with Gasteiger partial charge >= 0.3 is 16.1 Å². The van der Waals surface area contributed by atoms with Crippen LogP contribution >= 0.6 is 0 Å². The fourth-order valence-electron chi connectivity index (χ4n) is 0.575. The standard InChI is InChI=1S/C6H14N2O4S/c1-2-3-13(10,11)12-6(9)5(8)4-7/h5H,2-4,7-8H2,1H3/t5-/m0/s1. The molecule has 0 radical (unpaired) electrons. The molecule has 0 aromatic rings. The predicted molar refractivity (Wildman–Crippen MR) is 47.2 cm³/mol. The normalized spacial score (nSPS) is 13.8. The van der Waals surface area contributed by atoms with E-state index in [9.17, 15) is 13.2 Å². The van der Waals surface area contributed by atoms with Crippen molar-refractivity contribution in [3.63, 3.8) is 0 Å². The summed E-state index contributed by atoms with van der Waals surface area (Å²) in [7, 11) is -3.77. The second-order valence-corrected chi connectivity index (χ2v) is 4.20. The number of hydrogen-bond acceptors (Lipinski definition) is 6. The maximum absolute atomic E-state index is 10.9. The molecule has 1 atom stereocenters. The molecule has 0 spiro atoms. The van der Waals surface area contributed by atoms with E-state index in [4.69, 9.17) is 11.5 Å². The molecule has 0 aromatic heterocycles. The van der Waals surface area contributed by atoms with Crippen molar-refractivity contribution in [3.8, 4) is 0 Å². The van der Waals surface area contributed by atoms with Gasteiger partial charge in [-0.3, -0.25) is 0 Å². The van der Waals surface area contributed by atoms with Gasteiger partial charge < -0.3 is 15.7 Å². The maximum Gasteiger partial charge on any atom is 0.340 e. The highest BCUT2D eigenvalue weighted by molar-refractivity contribution is 7.87. The van der Waals surface area contributed by atoms with Crippen molar-refractivity contribution in [2.45, 2.75) is 19.4 Å². The molecule has 0 saturated carbocycles. The summed E-state index contributed by atoms with van der Waals surface area (Å²) in [5, 5.41) is 0. The molecule has 0 amide bonds. The number of carbonyl (C=O) groups excluding carboxylic acids is 1. The molecule has 13 heavy (non-hydrogen) atoms. The Bertz CT molecular complexity index is 262. The molecule has 0 rings (SSSR count). The molecular weight excluding hydrogens is 196 g/mol. The zero-order chi connectivity index (χ0) is 10.5. The van der Waals surface area contributed by atoms with Gasteiger partial charge in [0.25, 0.3) is 0 Å². The number of hydrogen-bond donors (Lipinski definition) is 2. The van der Waals surface area contributed by atoms with Crippen LogP contribution in [0, 0.1) is 0 Å². The monoisotopic (exact) mass is 210 g/mol. The van der Waals surface area contributed by atoms with Gasteiger partial charge in [-0.15, -0.1) is 0 Å². The minimum absolute atomic E-state index is 0.138. The Morgan fingerprint density at radius 3 is 2.46 bits per heavy atom. The second-order valence-electron chi connectivity index (χ2n) is 2.51. The molecule has 0 aromatic carbocycles. The number of carbonyl (C=O) groups is 1. The van der Waals surface area contributed by atoms with E-state index in [-0.39, 0.29) is 12.3 Å². The average molecular weight is 210 g/mol. The lowest BCUT2D eigenvalue weighted by Gasteiger charge is -2.08. The van der Waals surface area contributed by atoms with E-state index >= 15 is 0 Å². The quantitative estimate of drug-likeness (QED) is 0.537. The zero-order valence-electron chi connectivity index (χ0n) is 7.39. The van der Waals surface area contributed by atoms with Crippen molar-refractivity contribution in [1.82, 2.24) is 0 Å². The van der Waals surface area contributed by atoms with Gasteiger partial charge in [0.2, 0.25) is 0 Å². The summed E-state index contributed by atoms with van der Waals surface area (Å²) < 4.78 is 26.0. The van der Waals surface area contributed by atoms with E-state index in [0.717, 1.165) is 0 Å². The molecule has 0 aliphatic rings. The van der Waals surface area contributed by atoms with Gasteiger partial charge in [0, 0.05) is 6.54 Å². The van der Waals surface area contributed by atoms with Crippen LogP contribution in [-0.2, 0) is 19.1 Å². The Labute approximate surface area is 77.4 Å². The molecule has 6 nitrogen and oxygen atoms in total. The molecule has 0 aliphatic heterocycles. The van der Waals surface area contributed by atoms with Gasteiger partial charge in [0.15, 0.2) is 0 Å². The van der Waals surface area contributed by atoms with E-state index in [0.29, 0.717) is 6.42 Å². The van der Waals surface area contributed by atoms with E-state index in [2.05, 4.69) is 4.18 Å². The van der Waals surface area contributed by atoms with Crippen LogP contribution in [0.4, 0.5) is 0 Å². The SMILES string of the molecule is CCCS(=O)(=O)OC(=O)[C@@H](N)CN. The van der Waals surface area contributed by atoms with E-state index in [1.807, 2.05) is 0 Å². The molecule has 0 bridgehead atoms. The zero-order valence-corrected chi connectivity index (χ0v) is 8.21. The van der Waals surface area contributed by atoms with Crippen molar-refractivity contribution in [1.29, 1.82) is 0 Å². The van der Waals surface area contributed by atoms with Gasteiger partial charge in [-0.1, -0.05) is 6.92 Å². The maximum atomic E-state index is 10.9. The Balaban J connectivity index is 4.20. The smallest absolute Gasteiger partial charge is 0.340 e. The summed E-state index contributed by atoms with van der Waals surface area (Å²) in [6.45, 7) is 1.52. The van der Waals surface area contributed by atoms with Gasteiger partial charge in [-0.2, -0.15) is 8.42 Å². The van der Waals surface area contributed by atoms with Crippen molar-refractivity contribution in [3.05, 3.63) is 0 Å². The van der Waals surface area contributed by atoms with Crippen LogP contribution in [0.15, 0.2) is 0 Å². The first-order chi connectivity index (χ1) is 5.93. The lowest BCUT2D eigenvalue weighted by Crippen LogP contribution is -2.40. The lowest BCUT2D eigenvalue weighted by atomic mass is 10.3. The highest BCUT2D eigenvalue weighted by atomic mass is 32.2. The van der Waals surface area contributed by atoms with Crippen LogP contribution < -0.4 is 11.5 Å². The largest absolute Gasteiger partial charge is 0.344 e. The first-order valence-electron chi connectivity index (χ1n) is 3.84. The lowest BCUT2D eigenvalue weighted by molar-refractivity contribution is -0.135. The fraction of sp³-hybridized carbons (Fsp3) is 0.833. The third-order valence-corrected chi connectivity index (χ3v) is 2.55. The van der Waals surface area contributed by atoms with Crippen LogP contribution in [0.25, 0.3) is 0 Å². The minimum Gasteiger partial charge on any atom is -0.344 e. The topological polar surface area (TPSA) is 112 Å². The van der Waals surface area contributed by atoms with Gasteiger partial charge in [-0.25, -0.2) is 4.79 Å². The van der Waals surface area contributed by atoms with Crippen molar-refractivity contribution >= 4 is 16.1 Å². The summed E-state index contributed by atoms with van der Waals surface area (Å²) in [6.07, 6.45) is 0.382. The Kier molecular flexibility index (Phi) is 4.89. The highest BCUT2D eigenvalue weighted by Crippen LogP contribution is 1.97. The molecule has 78 valence electrons. The molecule has 0 fully saturated rings. The van der Waals surface area contributed by atoms with Crippen LogP contribution in [0.1, 0.15) is 13.3 Å². The first-order valence-corrected chi connectivity index (χ1v) is 5.42. The molecule has 0 unspecified atom stereocenters. The summed E-state index contributed by atoms with van der Waals surface area (Å²) in [6, 6.07) is -1.08. The highest BCUT2D eigenvalue weighted by Gasteiger charge is 2.20. The Hall–Kier alpha value is -0.660. The third-order valence-electron chi connectivity index (χ3n) is 1.22. The number of rotatable bonds is 5. The van der Waals surface area contributed by atoms with Crippen LogP contribution in [0.2, 0.25) is 0 Å². The Morgan fingerprint density at radius 1 is 1.54 bits per heavy atom. The third kappa shape index (κ3) is 4.81. The predicted octanol–water partition coefficient (Wildman–Crippen LogP) is -1.44. The van der Waals surface area contributed by atoms with Crippen LogP contribution in [0.3, 0.4) is 0 Å². The summed E-state index contributed by atoms with van der Waals surface area (Å²) in [5.74, 6) is -1.20. The van der Waals surface area contributed by atoms with Crippen molar-refractivity contribution in [2.24, 2.45) is 11.5 Å².